The summed E-state index contributed by atoms with van der Waals surface area (Å²) in [5.74, 6) is -0.406. The number of hydrogen-bond donors (Lipinski definition) is 1. The van der Waals surface area contributed by atoms with E-state index in [-0.39, 0.29) is 24.3 Å². The smallest absolute Gasteiger partial charge is 0.262 e. The van der Waals surface area contributed by atoms with Crippen molar-refractivity contribution in [1.82, 2.24) is 5.01 Å². The predicted molar refractivity (Wildman–Crippen MR) is 148 cm³/mol. The molecule has 3 aromatic carbocycles. The summed E-state index contributed by atoms with van der Waals surface area (Å²) in [6.07, 6.45) is 0.553. The summed E-state index contributed by atoms with van der Waals surface area (Å²) in [5, 5.41) is 9.12. The molecule has 3 aromatic rings. The Hall–Kier alpha value is -3.98. The average Bonchev–Trinajstić information content (AvgIpc) is 3.51. The molecule has 0 unspecified atom stereocenters. The molecule has 0 aromatic heterocycles. The first-order chi connectivity index (χ1) is 18.3. The number of nitrogens with zero attached hydrogens (tertiary/aromatic N) is 3. The van der Waals surface area contributed by atoms with E-state index >= 15 is 0 Å². The first-order valence-electron chi connectivity index (χ1n) is 12.2. The van der Waals surface area contributed by atoms with Crippen LogP contribution in [0.4, 0.5) is 10.1 Å². The summed E-state index contributed by atoms with van der Waals surface area (Å²) >= 11 is 1.23. The number of ether oxygens (including phenoxy) is 1. The molecule has 2 aliphatic heterocycles. The third-order valence-electron chi connectivity index (χ3n) is 6.55. The second-order valence-corrected chi connectivity index (χ2v) is 10.5. The molecule has 194 valence electrons. The average molecular weight is 531 g/mol. The van der Waals surface area contributed by atoms with Gasteiger partial charge in [0.25, 0.3) is 5.91 Å². The number of aryl methyl sites for hydroxylation is 2. The minimum atomic E-state index is -0.681. The number of aliphatic imine (C=N–C) groups is 1. The number of methoxy groups -OCH3 is 1. The Bertz CT molecular complexity index is 1440. The maximum absolute atomic E-state index is 13.9. The number of rotatable bonds is 6. The molecule has 5 rings (SSSR count). The molecule has 9 heteroatoms. The molecule has 0 saturated carbocycles. The molecule has 2 atom stereocenters. The van der Waals surface area contributed by atoms with Crippen LogP contribution in [-0.4, -0.2) is 40.1 Å². The van der Waals surface area contributed by atoms with Gasteiger partial charge in [-0.1, -0.05) is 47.7 Å². The zero-order valence-corrected chi connectivity index (χ0v) is 22.1. The number of amides is 2. The number of hydrogen-bond acceptors (Lipinski definition) is 6. The van der Waals surface area contributed by atoms with E-state index in [1.807, 2.05) is 31.2 Å². The summed E-state index contributed by atoms with van der Waals surface area (Å²) < 4.78 is 19.1. The number of nitrogens with one attached hydrogen (secondary N) is 1. The zero-order chi connectivity index (χ0) is 26.8. The van der Waals surface area contributed by atoms with Crippen molar-refractivity contribution in [2.45, 2.75) is 38.0 Å². The Balaban J connectivity index is 1.34. The third kappa shape index (κ3) is 5.47. The van der Waals surface area contributed by atoms with Crippen LogP contribution < -0.4 is 10.1 Å². The minimum absolute atomic E-state index is 0.0793. The van der Waals surface area contributed by atoms with Gasteiger partial charge in [0.05, 0.1) is 18.9 Å². The molecule has 2 heterocycles. The summed E-state index contributed by atoms with van der Waals surface area (Å²) in [5.41, 5.74) is 4.88. The lowest BCUT2D eigenvalue weighted by molar-refractivity contribution is -0.121. The van der Waals surface area contributed by atoms with Crippen LogP contribution in [0.2, 0.25) is 0 Å². The van der Waals surface area contributed by atoms with Crippen LogP contribution in [0.3, 0.4) is 0 Å². The van der Waals surface area contributed by atoms with E-state index in [1.54, 1.807) is 31.2 Å². The molecule has 2 aliphatic rings. The van der Waals surface area contributed by atoms with Crippen molar-refractivity contribution >= 4 is 40.1 Å². The molecule has 7 nitrogen and oxygen atoms in total. The van der Waals surface area contributed by atoms with Crippen LogP contribution in [0.1, 0.15) is 41.1 Å². The Kier molecular flexibility index (Phi) is 7.28. The molecule has 0 spiro atoms. The molecule has 38 heavy (non-hydrogen) atoms. The van der Waals surface area contributed by atoms with Crippen molar-refractivity contribution in [3.8, 4) is 5.75 Å². The molecule has 0 bridgehead atoms. The standard InChI is InChI=1S/C29H27FN4O3S/c1-17-4-7-20(8-5-17)25-15-24(19-9-12-22(37-3)13-10-19)33-34(25)29-32-28(36)26(38-29)16-27(35)31-21-11-6-18(2)23(30)14-21/h4-14,25-26H,15-16H2,1-3H3,(H,31,35)/t25-,26-/m0/s1. The van der Waals surface area contributed by atoms with E-state index in [2.05, 4.69) is 34.6 Å². The van der Waals surface area contributed by atoms with E-state index < -0.39 is 11.1 Å². The Labute approximate surface area is 224 Å². The Morgan fingerprint density at radius 2 is 1.84 bits per heavy atom. The summed E-state index contributed by atoms with van der Waals surface area (Å²) in [7, 11) is 1.62. The van der Waals surface area contributed by atoms with Crippen LogP contribution >= 0.6 is 11.8 Å². The van der Waals surface area contributed by atoms with Crippen molar-refractivity contribution in [3.63, 3.8) is 0 Å². The van der Waals surface area contributed by atoms with Crippen LogP contribution in [0, 0.1) is 19.7 Å². The second kappa shape index (κ2) is 10.8. The lowest BCUT2D eigenvalue weighted by atomic mass is 9.98. The van der Waals surface area contributed by atoms with Gasteiger partial charge in [0.15, 0.2) is 5.17 Å². The molecule has 1 N–H and O–H groups in total. The largest absolute Gasteiger partial charge is 0.497 e. The van der Waals surface area contributed by atoms with Gasteiger partial charge in [-0.3, -0.25) is 9.59 Å². The normalized spacial score (nSPS) is 18.8. The fraction of sp³-hybridized carbons (Fsp3) is 0.241. The highest BCUT2D eigenvalue weighted by molar-refractivity contribution is 8.15. The first-order valence-corrected chi connectivity index (χ1v) is 13.1. The Morgan fingerprint density at radius 1 is 1.11 bits per heavy atom. The molecule has 0 aliphatic carbocycles. The zero-order valence-electron chi connectivity index (χ0n) is 21.3. The third-order valence-corrected chi connectivity index (χ3v) is 7.69. The summed E-state index contributed by atoms with van der Waals surface area (Å²) in [4.78, 5) is 29.7. The topological polar surface area (TPSA) is 83.4 Å². The Morgan fingerprint density at radius 3 is 2.53 bits per heavy atom. The fourth-order valence-corrected chi connectivity index (χ4v) is 5.41. The quantitative estimate of drug-likeness (QED) is 0.447. The first kappa shape index (κ1) is 25.7. The van der Waals surface area contributed by atoms with E-state index in [4.69, 9.17) is 9.84 Å². The van der Waals surface area contributed by atoms with Gasteiger partial charge in [0.2, 0.25) is 5.91 Å². The SMILES string of the molecule is COc1ccc(C2=NN(C3=NC(=O)[C@H](CC(=O)Nc4ccc(C)c(F)c4)S3)[C@H](c3ccc(C)cc3)C2)cc1. The maximum atomic E-state index is 13.9. The maximum Gasteiger partial charge on any atom is 0.262 e. The van der Waals surface area contributed by atoms with Gasteiger partial charge >= 0.3 is 0 Å². The molecule has 0 fully saturated rings. The van der Waals surface area contributed by atoms with Gasteiger partial charge in [-0.15, -0.1) is 0 Å². The van der Waals surface area contributed by atoms with Gasteiger partial charge in [-0.05, 0) is 66.9 Å². The highest BCUT2D eigenvalue weighted by atomic mass is 32.2. The molecule has 0 saturated heterocycles. The van der Waals surface area contributed by atoms with Crippen molar-refractivity contribution in [3.05, 3.63) is 94.8 Å². The number of hydrazone groups is 1. The molecular weight excluding hydrogens is 503 g/mol. The highest BCUT2D eigenvalue weighted by Crippen LogP contribution is 2.39. The minimum Gasteiger partial charge on any atom is -0.497 e. The lowest BCUT2D eigenvalue weighted by Crippen LogP contribution is -2.25. The molecular formula is C29H27FN4O3S. The van der Waals surface area contributed by atoms with Crippen LogP contribution in [0.15, 0.2) is 76.8 Å². The van der Waals surface area contributed by atoms with E-state index in [9.17, 15) is 14.0 Å². The van der Waals surface area contributed by atoms with Gasteiger partial charge < -0.3 is 10.1 Å². The van der Waals surface area contributed by atoms with Gasteiger partial charge in [0, 0.05) is 18.5 Å². The number of benzene rings is 3. The van der Waals surface area contributed by atoms with Gasteiger partial charge in [-0.25, -0.2) is 9.40 Å². The van der Waals surface area contributed by atoms with Crippen LogP contribution in [0.5, 0.6) is 5.75 Å². The van der Waals surface area contributed by atoms with Gasteiger partial charge in [-0.2, -0.15) is 10.1 Å². The highest BCUT2D eigenvalue weighted by Gasteiger charge is 2.39. The van der Waals surface area contributed by atoms with Crippen molar-refractivity contribution in [2.75, 3.05) is 12.4 Å². The van der Waals surface area contributed by atoms with Crippen molar-refractivity contribution < 1.29 is 18.7 Å². The van der Waals surface area contributed by atoms with Crippen LogP contribution in [-0.2, 0) is 9.59 Å². The number of halogens is 1. The monoisotopic (exact) mass is 530 g/mol. The number of carbonyl (C=O) groups is 2. The van der Waals surface area contributed by atoms with Gasteiger partial charge in [0.1, 0.15) is 16.8 Å². The second-order valence-electron chi connectivity index (χ2n) is 9.31. The number of thioether (sulfide) groups is 1. The van der Waals surface area contributed by atoms with Crippen LogP contribution in [0.25, 0.3) is 0 Å². The van der Waals surface area contributed by atoms with Crippen molar-refractivity contribution in [2.24, 2.45) is 10.1 Å². The molecule has 2 amide bonds. The van der Waals surface area contributed by atoms with Crippen molar-refractivity contribution in [1.29, 1.82) is 0 Å². The fourth-order valence-electron chi connectivity index (χ4n) is 4.35. The lowest BCUT2D eigenvalue weighted by Gasteiger charge is -2.23. The van der Waals surface area contributed by atoms with E-state index in [0.29, 0.717) is 22.8 Å². The number of amidine groups is 1. The summed E-state index contributed by atoms with van der Waals surface area (Å²) in [6, 6.07) is 20.3. The number of carbonyl (C=O) groups excluding carboxylic acids is 2. The predicted octanol–water partition coefficient (Wildman–Crippen LogP) is 5.63. The van der Waals surface area contributed by atoms with E-state index in [0.717, 1.165) is 28.2 Å². The molecule has 0 radical (unpaired) electrons. The van der Waals surface area contributed by atoms with E-state index in [1.165, 1.54) is 17.8 Å². The number of anilines is 1. The summed E-state index contributed by atoms with van der Waals surface area (Å²) in [6.45, 7) is 3.68.